The Kier molecular flexibility index (Phi) is 2.18. The van der Waals surface area contributed by atoms with E-state index >= 15 is 0 Å². The number of hydrogen-bond donors (Lipinski definition) is 3. The minimum atomic E-state index is -0.703. The Morgan fingerprint density at radius 3 is 2.46 bits per heavy atom. The molecule has 1 heterocycles. The van der Waals surface area contributed by atoms with Gasteiger partial charge in [0, 0.05) is 7.05 Å². The average Bonchev–Trinajstić information content (AvgIpc) is 2.02. The summed E-state index contributed by atoms with van der Waals surface area (Å²) in [6.45, 7) is 0. The van der Waals surface area contributed by atoms with Crippen molar-refractivity contribution in [2.24, 2.45) is 0 Å². The maximum absolute atomic E-state index is 11.1. The molecule has 7 heteroatoms. The first-order chi connectivity index (χ1) is 6.06. The Morgan fingerprint density at radius 2 is 2.00 bits per heavy atom. The summed E-state index contributed by atoms with van der Waals surface area (Å²) in [5.74, 6) is -0.136. The Bertz CT molecular complexity index is 432. The zero-order chi connectivity index (χ0) is 10.0. The first kappa shape index (κ1) is 9.04. The number of anilines is 2. The summed E-state index contributed by atoms with van der Waals surface area (Å²) in [5, 5.41) is 0. The van der Waals surface area contributed by atoms with Crippen molar-refractivity contribution in [2.75, 3.05) is 17.7 Å². The lowest BCUT2D eigenvalue weighted by Crippen LogP contribution is -2.31. The van der Waals surface area contributed by atoms with Crippen molar-refractivity contribution in [1.82, 2.24) is 9.97 Å². The maximum atomic E-state index is 11.1. The van der Waals surface area contributed by atoms with Crippen molar-refractivity contribution in [1.29, 1.82) is 0 Å². The Labute approximate surface area is 72.2 Å². The summed E-state index contributed by atoms with van der Waals surface area (Å²) >= 11 is 0. The van der Waals surface area contributed by atoms with E-state index in [9.17, 15) is 14.4 Å². The minimum absolute atomic E-state index is 0.0744. The molecule has 0 atom stereocenters. The highest BCUT2D eigenvalue weighted by molar-refractivity contribution is 5.79. The number of nitrogens with one attached hydrogen (secondary N) is 2. The molecule has 70 valence electrons. The van der Waals surface area contributed by atoms with E-state index in [1.165, 1.54) is 7.05 Å². The van der Waals surface area contributed by atoms with Crippen molar-refractivity contribution >= 4 is 17.9 Å². The summed E-state index contributed by atoms with van der Waals surface area (Å²) in [7, 11) is 1.35. The molecule has 0 spiro atoms. The van der Waals surface area contributed by atoms with Gasteiger partial charge in [0.2, 0.25) is 6.41 Å². The number of amides is 1. The van der Waals surface area contributed by atoms with Gasteiger partial charge in [-0.1, -0.05) is 0 Å². The molecule has 0 fully saturated rings. The molecule has 0 unspecified atom stereocenters. The van der Waals surface area contributed by atoms with Gasteiger partial charge in [-0.2, -0.15) is 0 Å². The summed E-state index contributed by atoms with van der Waals surface area (Å²) in [6.07, 6.45) is 0.416. The number of rotatable bonds is 2. The number of aromatic amines is 2. The molecule has 0 aliphatic heterocycles. The fraction of sp³-hybridized carbons (Fsp3) is 0.167. The van der Waals surface area contributed by atoms with Crippen LogP contribution in [0.1, 0.15) is 0 Å². The number of carbonyl (C=O) groups excluding carboxylic acids is 1. The summed E-state index contributed by atoms with van der Waals surface area (Å²) in [5.41, 5.74) is 3.85. The highest BCUT2D eigenvalue weighted by atomic mass is 16.2. The molecular formula is C6H8N4O3. The summed E-state index contributed by atoms with van der Waals surface area (Å²) < 4.78 is 0. The molecule has 0 aliphatic carbocycles. The van der Waals surface area contributed by atoms with Gasteiger partial charge in [-0.05, 0) is 0 Å². The van der Waals surface area contributed by atoms with Crippen LogP contribution in [0.3, 0.4) is 0 Å². The minimum Gasteiger partial charge on any atom is -0.383 e. The Balaban J connectivity index is 3.46. The lowest BCUT2D eigenvalue weighted by atomic mass is 10.4. The molecule has 1 aromatic rings. The van der Waals surface area contributed by atoms with Crippen molar-refractivity contribution in [3.8, 4) is 0 Å². The van der Waals surface area contributed by atoms with Gasteiger partial charge < -0.3 is 10.6 Å². The van der Waals surface area contributed by atoms with E-state index in [4.69, 9.17) is 5.73 Å². The fourth-order valence-corrected chi connectivity index (χ4v) is 0.900. The lowest BCUT2D eigenvalue weighted by Gasteiger charge is -2.10. The third-order valence-corrected chi connectivity index (χ3v) is 1.46. The quantitative estimate of drug-likeness (QED) is 0.472. The van der Waals surface area contributed by atoms with Crippen LogP contribution >= 0.6 is 0 Å². The monoisotopic (exact) mass is 184 g/mol. The van der Waals surface area contributed by atoms with Crippen molar-refractivity contribution in [2.45, 2.75) is 0 Å². The van der Waals surface area contributed by atoms with Crippen LogP contribution in [0.5, 0.6) is 0 Å². The highest BCUT2D eigenvalue weighted by Gasteiger charge is 2.10. The van der Waals surface area contributed by atoms with Crippen molar-refractivity contribution in [3.63, 3.8) is 0 Å². The van der Waals surface area contributed by atoms with E-state index in [-0.39, 0.29) is 11.5 Å². The van der Waals surface area contributed by atoms with E-state index < -0.39 is 11.2 Å². The zero-order valence-electron chi connectivity index (χ0n) is 6.83. The maximum Gasteiger partial charge on any atom is 0.327 e. The molecule has 0 aliphatic rings. The van der Waals surface area contributed by atoms with Crippen LogP contribution in [0.15, 0.2) is 9.59 Å². The van der Waals surface area contributed by atoms with Crippen LogP contribution in [0.25, 0.3) is 0 Å². The molecule has 1 amide bonds. The molecule has 0 radical (unpaired) electrons. The van der Waals surface area contributed by atoms with Crippen LogP contribution in [0.4, 0.5) is 11.5 Å². The van der Waals surface area contributed by atoms with E-state index in [0.717, 1.165) is 4.90 Å². The predicted octanol–water partition coefficient (Wildman–Crippen LogP) is -1.76. The fourth-order valence-electron chi connectivity index (χ4n) is 0.900. The SMILES string of the molecule is CN(C=O)c1c(N)[nH]c(=O)[nH]c1=O. The number of nitrogens with zero attached hydrogens (tertiary/aromatic N) is 1. The molecule has 0 aromatic carbocycles. The van der Waals surface area contributed by atoms with Gasteiger partial charge >= 0.3 is 5.69 Å². The molecule has 1 rings (SSSR count). The summed E-state index contributed by atoms with van der Waals surface area (Å²) in [6, 6.07) is 0. The second-order valence-corrected chi connectivity index (χ2v) is 2.39. The molecule has 7 nitrogen and oxygen atoms in total. The van der Waals surface area contributed by atoms with Crippen LogP contribution in [0, 0.1) is 0 Å². The molecule has 0 bridgehead atoms. The van der Waals surface area contributed by atoms with Crippen LogP contribution in [-0.4, -0.2) is 23.4 Å². The molecule has 0 saturated carbocycles. The molecule has 1 aromatic heterocycles. The predicted molar refractivity (Wildman–Crippen MR) is 46.6 cm³/mol. The van der Waals surface area contributed by atoms with Gasteiger partial charge in [0.1, 0.15) is 11.5 Å². The molecule has 4 N–H and O–H groups in total. The molecule has 13 heavy (non-hydrogen) atoms. The third kappa shape index (κ3) is 1.58. The van der Waals surface area contributed by atoms with Gasteiger partial charge in [-0.3, -0.25) is 19.6 Å². The topological polar surface area (TPSA) is 112 Å². The molecular weight excluding hydrogens is 176 g/mol. The van der Waals surface area contributed by atoms with Gasteiger partial charge in [0.05, 0.1) is 0 Å². The Morgan fingerprint density at radius 1 is 1.38 bits per heavy atom. The first-order valence-electron chi connectivity index (χ1n) is 3.36. The normalized spacial score (nSPS) is 9.62. The largest absolute Gasteiger partial charge is 0.383 e. The summed E-state index contributed by atoms with van der Waals surface area (Å²) in [4.78, 5) is 37.2. The Hall–Kier alpha value is -2.05. The molecule has 0 saturated heterocycles. The van der Waals surface area contributed by atoms with Gasteiger partial charge in [0.25, 0.3) is 5.56 Å². The van der Waals surface area contributed by atoms with E-state index in [0.29, 0.717) is 6.41 Å². The van der Waals surface area contributed by atoms with Crippen LogP contribution < -0.4 is 21.9 Å². The highest BCUT2D eigenvalue weighted by Crippen LogP contribution is 2.08. The number of nitrogens with two attached hydrogens (primary N) is 1. The zero-order valence-corrected chi connectivity index (χ0v) is 6.83. The smallest absolute Gasteiger partial charge is 0.327 e. The standard InChI is InChI=1S/C6H8N4O3/c1-10(2-11)3-4(7)8-6(13)9-5(3)12/h2H,1H3,(H4,7,8,9,12,13). The van der Waals surface area contributed by atoms with Gasteiger partial charge in [-0.15, -0.1) is 0 Å². The van der Waals surface area contributed by atoms with Gasteiger partial charge in [-0.25, -0.2) is 4.79 Å². The second-order valence-electron chi connectivity index (χ2n) is 2.39. The third-order valence-electron chi connectivity index (χ3n) is 1.46. The van der Waals surface area contributed by atoms with E-state index in [1.54, 1.807) is 0 Å². The van der Waals surface area contributed by atoms with Crippen molar-refractivity contribution < 1.29 is 4.79 Å². The van der Waals surface area contributed by atoms with E-state index in [1.807, 2.05) is 4.98 Å². The van der Waals surface area contributed by atoms with Crippen LogP contribution in [-0.2, 0) is 4.79 Å². The van der Waals surface area contributed by atoms with Crippen molar-refractivity contribution in [3.05, 3.63) is 20.8 Å². The van der Waals surface area contributed by atoms with Gasteiger partial charge in [0.15, 0.2) is 0 Å². The average molecular weight is 184 g/mol. The number of carbonyl (C=O) groups is 1. The van der Waals surface area contributed by atoms with Crippen LogP contribution in [0.2, 0.25) is 0 Å². The second kappa shape index (κ2) is 3.13. The first-order valence-corrected chi connectivity index (χ1v) is 3.36. The number of H-pyrrole nitrogens is 2. The number of hydrogen-bond acceptors (Lipinski definition) is 4. The number of nitrogen functional groups attached to an aromatic ring is 1. The number of aromatic nitrogens is 2. The van der Waals surface area contributed by atoms with E-state index in [2.05, 4.69) is 4.98 Å². The lowest BCUT2D eigenvalue weighted by molar-refractivity contribution is -0.107.